The highest BCUT2D eigenvalue weighted by Gasteiger charge is 2.35. The topological polar surface area (TPSA) is 52.7 Å². The first-order chi connectivity index (χ1) is 11.5. The zero-order valence-corrected chi connectivity index (χ0v) is 14.0. The fraction of sp³-hybridized carbons (Fsp3) is 0.556. The molecule has 3 rings (SSSR count). The fourth-order valence-electron chi connectivity index (χ4n) is 3.38. The second kappa shape index (κ2) is 7.30. The van der Waals surface area contributed by atoms with Crippen LogP contribution in [-0.4, -0.2) is 54.3 Å². The maximum Gasteiger partial charge on any atom is 0.225 e. The number of nitrogens with zero attached hydrogens (tertiary/aromatic N) is 2. The van der Waals surface area contributed by atoms with Gasteiger partial charge in [-0.15, -0.1) is 0 Å². The van der Waals surface area contributed by atoms with Crippen molar-refractivity contribution in [3.8, 4) is 0 Å². The number of hydrogen-bond acceptors (Lipinski definition) is 3. The van der Waals surface area contributed by atoms with Gasteiger partial charge >= 0.3 is 0 Å². The summed E-state index contributed by atoms with van der Waals surface area (Å²) >= 11 is 0. The van der Waals surface area contributed by atoms with Crippen molar-refractivity contribution in [2.75, 3.05) is 26.7 Å². The smallest absolute Gasteiger partial charge is 0.225 e. The largest absolute Gasteiger partial charge is 0.353 e. The number of carbonyl (C=O) groups excluding carboxylic acids is 2. The maximum absolute atomic E-state index is 13.0. The molecule has 5 nitrogen and oxygen atoms in total. The van der Waals surface area contributed by atoms with Gasteiger partial charge in [0, 0.05) is 25.6 Å². The number of likely N-dealkylation sites (tertiary alicyclic amines) is 2. The molecule has 2 aliphatic heterocycles. The van der Waals surface area contributed by atoms with Crippen LogP contribution in [0, 0.1) is 11.7 Å². The van der Waals surface area contributed by atoms with E-state index in [0.717, 1.165) is 31.5 Å². The minimum atomic E-state index is -0.290. The van der Waals surface area contributed by atoms with Gasteiger partial charge in [-0.3, -0.25) is 9.59 Å². The molecule has 0 bridgehead atoms. The van der Waals surface area contributed by atoms with Crippen molar-refractivity contribution < 1.29 is 14.0 Å². The lowest BCUT2D eigenvalue weighted by Crippen LogP contribution is -2.45. The summed E-state index contributed by atoms with van der Waals surface area (Å²) in [5.74, 6) is -0.596. The van der Waals surface area contributed by atoms with Crippen LogP contribution in [0.2, 0.25) is 0 Å². The van der Waals surface area contributed by atoms with Gasteiger partial charge in [0.05, 0.1) is 5.92 Å². The van der Waals surface area contributed by atoms with E-state index in [1.807, 2.05) is 0 Å². The molecule has 2 amide bonds. The molecule has 1 aromatic carbocycles. The molecule has 2 heterocycles. The number of carbonyl (C=O) groups is 2. The van der Waals surface area contributed by atoms with Gasteiger partial charge in [0.2, 0.25) is 11.8 Å². The van der Waals surface area contributed by atoms with Crippen LogP contribution in [0.15, 0.2) is 24.3 Å². The van der Waals surface area contributed by atoms with Crippen LogP contribution < -0.4 is 5.32 Å². The second-order valence-corrected chi connectivity index (χ2v) is 6.89. The van der Waals surface area contributed by atoms with E-state index in [1.165, 1.54) is 12.1 Å². The van der Waals surface area contributed by atoms with E-state index in [1.54, 1.807) is 17.0 Å². The predicted octanol–water partition coefficient (Wildman–Crippen LogP) is 1.38. The van der Waals surface area contributed by atoms with E-state index in [9.17, 15) is 14.0 Å². The number of hydrogen-bond donors (Lipinski definition) is 1. The van der Waals surface area contributed by atoms with Gasteiger partial charge in [0.1, 0.15) is 5.82 Å². The zero-order valence-electron chi connectivity index (χ0n) is 14.0. The average Bonchev–Trinajstić information content (AvgIpc) is 2.93. The molecule has 0 aromatic heterocycles. The maximum atomic E-state index is 13.0. The highest BCUT2D eigenvalue weighted by Crippen LogP contribution is 2.21. The second-order valence-electron chi connectivity index (χ2n) is 6.89. The summed E-state index contributed by atoms with van der Waals surface area (Å²) in [7, 11) is 2.08. The van der Waals surface area contributed by atoms with Gasteiger partial charge in [-0.05, 0) is 50.7 Å². The summed E-state index contributed by atoms with van der Waals surface area (Å²) in [4.78, 5) is 28.5. The van der Waals surface area contributed by atoms with E-state index in [2.05, 4.69) is 17.3 Å². The minimum absolute atomic E-state index is 0.0112. The normalized spacial score (nSPS) is 22.8. The third-order valence-electron chi connectivity index (χ3n) is 4.94. The van der Waals surface area contributed by atoms with Crippen molar-refractivity contribution in [1.82, 2.24) is 15.1 Å². The Morgan fingerprint density at radius 2 is 1.92 bits per heavy atom. The third kappa shape index (κ3) is 4.12. The first-order valence-electron chi connectivity index (χ1n) is 8.52. The summed E-state index contributed by atoms with van der Waals surface area (Å²) in [6.07, 6.45) is 2.18. The Morgan fingerprint density at radius 3 is 2.58 bits per heavy atom. The lowest BCUT2D eigenvalue weighted by atomic mass is 10.0. The van der Waals surface area contributed by atoms with E-state index in [-0.39, 0.29) is 36.0 Å². The summed E-state index contributed by atoms with van der Waals surface area (Å²) in [6.45, 7) is 2.85. The Labute approximate surface area is 141 Å². The Kier molecular flexibility index (Phi) is 5.14. The molecular formula is C18H24FN3O2. The van der Waals surface area contributed by atoms with Gasteiger partial charge in [-0.25, -0.2) is 4.39 Å². The Hall–Kier alpha value is -1.95. The molecule has 2 aliphatic rings. The monoisotopic (exact) mass is 333 g/mol. The summed E-state index contributed by atoms with van der Waals surface area (Å²) < 4.78 is 13.0. The highest BCUT2D eigenvalue weighted by atomic mass is 19.1. The van der Waals surface area contributed by atoms with E-state index < -0.39 is 0 Å². The lowest BCUT2D eigenvalue weighted by molar-refractivity contribution is -0.129. The first-order valence-corrected chi connectivity index (χ1v) is 8.52. The summed E-state index contributed by atoms with van der Waals surface area (Å²) in [6, 6.07) is 6.35. The van der Waals surface area contributed by atoms with Gasteiger partial charge in [-0.1, -0.05) is 12.1 Å². The van der Waals surface area contributed by atoms with Crippen molar-refractivity contribution in [2.45, 2.75) is 31.8 Å². The number of nitrogens with one attached hydrogen (secondary N) is 1. The molecule has 6 heteroatoms. The number of piperidine rings is 1. The van der Waals surface area contributed by atoms with Gasteiger partial charge in [0.25, 0.3) is 0 Å². The van der Waals surface area contributed by atoms with E-state index in [0.29, 0.717) is 13.1 Å². The SMILES string of the molecule is CN1CCC(NC(=O)[C@@H]2CC(=O)N(Cc3ccc(F)cc3)C2)CC1. The molecule has 0 spiro atoms. The van der Waals surface area contributed by atoms with Crippen LogP contribution in [0.4, 0.5) is 4.39 Å². The average molecular weight is 333 g/mol. The molecule has 1 atom stereocenters. The van der Waals surface area contributed by atoms with Crippen LogP contribution in [0.25, 0.3) is 0 Å². The van der Waals surface area contributed by atoms with Crippen molar-refractivity contribution in [1.29, 1.82) is 0 Å². The van der Waals surface area contributed by atoms with Crippen molar-refractivity contribution in [3.05, 3.63) is 35.6 Å². The van der Waals surface area contributed by atoms with E-state index >= 15 is 0 Å². The molecule has 130 valence electrons. The number of halogens is 1. The molecule has 1 aromatic rings. The molecule has 2 saturated heterocycles. The van der Waals surface area contributed by atoms with Gasteiger partial charge in [0.15, 0.2) is 0 Å². The lowest BCUT2D eigenvalue weighted by Gasteiger charge is -2.30. The van der Waals surface area contributed by atoms with Crippen molar-refractivity contribution in [2.24, 2.45) is 5.92 Å². The van der Waals surface area contributed by atoms with Crippen molar-refractivity contribution in [3.63, 3.8) is 0 Å². The van der Waals surface area contributed by atoms with Crippen LogP contribution in [0.5, 0.6) is 0 Å². The highest BCUT2D eigenvalue weighted by molar-refractivity contribution is 5.89. The van der Waals surface area contributed by atoms with Gasteiger partial charge < -0.3 is 15.1 Å². The van der Waals surface area contributed by atoms with Crippen LogP contribution >= 0.6 is 0 Å². The predicted molar refractivity (Wildman–Crippen MR) is 88.6 cm³/mol. The van der Waals surface area contributed by atoms with E-state index in [4.69, 9.17) is 0 Å². The molecule has 24 heavy (non-hydrogen) atoms. The van der Waals surface area contributed by atoms with Crippen LogP contribution in [0.1, 0.15) is 24.8 Å². The summed E-state index contributed by atoms with van der Waals surface area (Å²) in [5.41, 5.74) is 0.876. The molecule has 1 N–H and O–H groups in total. The number of amides is 2. The molecule has 0 aliphatic carbocycles. The Bertz CT molecular complexity index is 597. The first kappa shape index (κ1) is 16.9. The van der Waals surface area contributed by atoms with Crippen LogP contribution in [0.3, 0.4) is 0 Å². The molecule has 2 fully saturated rings. The third-order valence-corrected chi connectivity index (χ3v) is 4.94. The zero-order chi connectivity index (χ0) is 17.1. The molecule has 0 radical (unpaired) electrons. The van der Waals surface area contributed by atoms with Crippen molar-refractivity contribution >= 4 is 11.8 Å². The minimum Gasteiger partial charge on any atom is -0.353 e. The quantitative estimate of drug-likeness (QED) is 0.906. The molecular weight excluding hydrogens is 309 g/mol. The molecule has 0 saturated carbocycles. The molecule has 0 unspecified atom stereocenters. The van der Waals surface area contributed by atoms with Gasteiger partial charge in [-0.2, -0.15) is 0 Å². The standard InChI is InChI=1S/C18H24FN3O2/c1-21-8-6-16(7-9-21)20-18(24)14-10-17(23)22(12-14)11-13-2-4-15(19)5-3-13/h2-5,14,16H,6-12H2,1H3,(H,20,24)/t14-/m1/s1. The Balaban J connectivity index is 1.52. The van der Waals surface area contributed by atoms with Crippen LogP contribution in [-0.2, 0) is 16.1 Å². The Morgan fingerprint density at radius 1 is 1.25 bits per heavy atom. The number of rotatable bonds is 4. The fourth-order valence-corrected chi connectivity index (χ4v) is 3.38. The summed E-state index contributed by atoms with van der Waals surface area (Å²) in [5, 5.41) is 3.10. The number of benzene rings is 1.